The molecule has 4 atom stereocenters. The van der Waals surface area contributed by atoms with Crippen molar-refractivity contribution in [3.63, 3.8) is 0 Å². The fourth-order valence-corrected chi connectivity index (χ4v) is 3.72. The minimum absolute atomic E-state index is 0.0348. The molecule has 0 amide bonds. The van der Waals surface area contributed by atoms with Crippen molar-refractivity contribution in [1.82, 2.24) is 0 Å². The first-order valence-corrected chi connectivity index (χ1v) is 6.98. The number of rotatable bonds is 4. The first-order valence-electron chi connectivity index (χ1n) is 5.59. The minimum atomic E-state index is -0.944. The first kappa shape index (κ1) is 12.7. The molecule has 1 aliphatic carbocycles. The molecule has 4 heteroatoms. The topological polar surface area (TPSA) is 54.4 Å². The van der Waals surface area contributed by atoms with Gasteiger partial charge in [-0.25, -0.2) is 0 Å². The van der Waals surface area contributed by atoms with Gasteiger partial charge >= 0.3 is 5.97 Å². The van der Waals surface area contributed by atoms with Crippen LogP contribution in [0.15, 0.2) is 0 Å². The van der Waals surface area contributed by atoms with Gasteiger partial charge in [0.1, 0.15) is 0 Å². The molecule has 0 aromatic heterocycles. The van der Waals surface area contributed by atoms with Crippen LogP contribution in [0.4, 0.5) is 0 Å². The molecule has 1 N–H and O–H groups in total. The monoisotopic (exact) mass is 232 g/mol. The summed E-state index contributed by atoms with van der Waals surface area (Å²) in [5, 5.41) is 8.75. The van der Waals surface area contributed by atoms with Crippen molar-refractivity contribution >= 4 is 16.8 Å². The number of carboxylic acid groups (broad SMARTS) is 1. The number of aliphatic carboxylic acids is 1. The van der Waals surface area contributed by atoms with Crippen LogP contribution in [0.1, 0.15) is 39.5 Å². The van der Waals surface area contributed by atoms with Gasteiger partial charge in [0.15, 0.2) is 0 Å². The summed E-state index contributed by atoms with van der Waals surface area (Å²) in [4.78, 5) is 10.4. The second-order valence-corrected chi connectivity index (χ2v) is 6.45. The van der Waals surface area contributed by atoms with Crippen LogP contribution in [0, 0.1) is 11.8 Å². The maximum atomic E-state index is 11.8. The largest absolute Gasteiger partial charge is 0.481 e. The summed E-state index contributed by atoms with van der Waals surface area (Å²) in [6.45, 7) is 4.44. The van der Waals surface area contributed by atoms with Gasteiger partial charge in [0.2, 0.25) is 0 Å². The molecule has 1 aliphatic rings. The van der Waals surface area contributed by atoms with E-state index in [1.165, 1.54) is 0 Å². The Bertz CT molecular complexity index is 252. The normalized spacial score (nSPS) is 33.6. The molecule has 3 nitrogen and oxygen atoms in total. The van der Waals surface area contributed by atoms with E-state index < -0.39 is 16.8 Å². The predicted molar refractivity (Wildman–Crippen MR) is 61.2 cm³/mol. The predicted octanol–water partition coefficient (Wildman–Crippen LogP) is 2.03. The van der Waals surface area contributed by atoms with Gasteiger partial charge in [-0.05, 0) is 31.1 Å². The summed E-state index contributed by atoms with van der Waals surface area (Å²) in [5.74, 6) is 0.817. The highest BCUT2D eigenvalue weighted by Crippen LogP contribution is 2.32. The Morgan fingerprint density at radius 2 is 2.00 bits per heavy atom. The SMILES string of the molecule is CC1CCC(S(=O)CCC(=O)O)CC1C. The van der Waals surface area contributed by atoms with E-state index >= 15 is 0 Å². The van der Waals surface area contributed by atoms with Crippen LogP contribution >= 0.6 is 0 Å². The van der Waals surface area contributed by atoms with Crippen LogP contribution in [0.3, 0.4) is 0 Å². The van der Waals surface area contributed by atoms with Gasteiger partial charge in [-0.15, -0.1) is 0 Å². The Morgan fingerprint density at radius 1 is 1.33 bits per heavy atom. The molecule has 0 heterocycles. The van der Waals surface area contributed by atoms with Gasteiger partial charge < -0.3 is 5.11 Å². The summed E-state index contributed by atoms with van der Waals surface area (Å²) in [6, 6.07) is 0. The van der Waals surface area contributed by atoms with E-state index in [2.05, 4.69) is 13.8 Å². The van der Waals surface area contributed by atoms with Gasteiger partial charge in [-0.2, -0.15) is 0 Å². The molecule has 1 fully saturated rings. The van der Waals surface area contributed by atoms with E-state index in [9.17, 15) is 9.00 Å². The Hall–Kier alpha value is -0.380. The molecule has 0 aromatic rings. The standard InChI is InChI=1S/C11H20O3S/c1-8-3-4-10(7-9(8)2)15(14)6-5-11(12)13/h8-10H,3-7H2,1-2H3,(H,12,13). The van der Waals surface area contributed by atoms with Gasteiger partial charge in [0.05, 0.1) is 6.42 Å². The van der Waals surface area contributed by atoms with Gasteiger partial charge in [-0.1, -0.05) is 13.8 Å². The lowest BCUT2D eigenvalue weighted by atomic mass is 9.81. The van der Waals surface area contributed by atoms with Crippen molar-refractivity contribution in [3.05, 3.63) is 0 Å². The average Bonchev–Trinajstić information content (AvgIpc) is 2.18. The van der Waals surface area contributed by atoms with Crippen LogP contribution in [0.5, 0.6) is 0 Å². The number of hydrogen-bond acceptors (Lipinski definition) is 2. The molecule has 15 heavy (non-hydrogen) atoms. The van der Waals surface area contributed by atoms with Gasteiger partial charge in [0, 0.05) is 21.8 Å². The van der Waals surface area contributed by atoms with E-state index in [4.69, 9.17) is 5.11 Å². The molecule has 1 saturated carbocycles. The maximum absolute atomic E-state index is 11.8. The summed E-state index contributed by atoms with van der Waals surface area (Å²) >= 11 is 0. The highest BCUT2D eigenvalue weighted by molar-refractivity contribution is 7.85. The van der Waals surface area contributed by atoms with Crippen molar-refractivity contribution < 1.29 is 14.1 Å². The van der Waals surface area contributed by atoms with Gasteiger partial charge in [-0.3, -0.25) is 9.00 Å². The van der Waals surface area contributed by atoms with Crippen molar-refractivity contribution in [2.24, 2.45) is 11.8 Å². The molecular weight excluding hydrogens is 212 g/mol. The van der Waals surface area contributed by atoms with Crippen LogP contribution in [0.2, 0.25) is 0 Å². The van der Waals surface area contributed by atoms with Crippen molar-refractivity contribution in [2.75, 3.05) is 5.75 Å². The molecule has 0 aliphatic heterocycles. The smallest absolute Gasteiger partial charge is 0.304 e. The van der Waals surface area contributed by atoms with Crippen LogP contribution in [-0.4, -0.2) is 26.3 Å². The summed E-state index contributed by atoms with van der Waals surface area (Å²) in [5.41, 5.74) is 0. The zero-order valence-corrected chi connectivity index (χ0v) is 10.3. The van der Waals surface area contributed by atoms with Crippen LogP contribution < -0.4 is 0 Å². The van der Waals surface area contributed by atoms with E-state index in [-0.39, 0.29) is 11.7 Å². The fourth-order valence-electron chi connectivity index (χ4n) is 2.09. The zero-order chi connectivity index (χ0) is 11.4. The van der Waals surface area contributed by atoms with E-state index in [1.54, 1.807) is 0 Å². The Balaban J connectivity index is 2.37. The van der Waals surface area contributed by atoms with Crippen molar-refractivity contribution in [3.8, 4) is 0 Å². The lowest BCUT2D eigenvalue weighted by Crippen LogP contribution is -2.29. The molecule has 0 aromatic carbocycles. The molecule has 0 spiro atoms. The maximum Gasteiger partial charge on any atom is 0.304 e. The second kappa shape index (κ2) is 5.64. The zero-order valence-electron chi connectivity index (χ0n) is 9.44. The summed E-state index contributed by atoms with van der Waals surface area (Å²) in [6.07, 6.45) is 3.16. The highest BCUT2D eigenvalue weighted by Gasteiger charge is 2.28. The minimum Gasteiger partial charge on any atom is -0.481 e. The van der Waals surface area contributed by atoms with E-state index in [0.29, 0.717) is 11.7 Å². The molecule has 0 radical (unpaired) electrons. The van der Waals surface area contributed by atoms with Crippen LogP contribution in [0.25, 0.3) is 0 Å². The third kappa shape index (κ3) is 3.93. The molecule has 1 rings (SSSR count). The molecule has 0 bridgehead atoms. The quantitative estimate of drug-likeness (QED) is 0.807. The van der Waals surface area contributed by atoms with Crippen molar-refractivity contribution in [2.45, 2.75) is 44.8 Å². The van der Waals surface area contributed by atoms with Crippen molar-refractivity contribution in [1.29, 1.82) is 0 Å². The molecule has 4 unspecified atom stereocenters. The number of carboxylic acids is 1. The Morgan fingerprint density at radius 3 is 2.53 bits per heavy atom. The van der Waals surface area contributed by atoms with E-state index in [1.807, 2.05) is 0 Å². The number of carbonyl (C=O) groups is 1. The summed E-state index contributed by atoms with van der Waals surface area (Å²) < 4.78 is 11.8. The fraction of sp³-hybridized carbons (Fsp3) is 0.909. The highest BCUT2D eigenvalue weighted by atomic mass is 32.2. The lowest BCUT2D eigenvalue weighted by Gasteiger charge is -2.31. The average molecular weight is 232 g/mol. The third-order valence-corrected chi connectivity index (χ3v) is 5.22. The third-order valence-electron chi connectivity index (χ3n) is 3.44. The second-order valence-electron chi connectivity index (χ2n) is 4.62. The van der Waals surface area contributed by atoms with Gasteiger partial charge in [0.25, 0.3) is 0 Å². The Labute approximate surface area is 93.7 Å². The molecular formula is C11H20O3S. The summed E-state index contributed by atoms with van der Waals surface area (Å²) in [7, 11) is -0.944. The van der Waals surface area contributed by atoms with Crippen LogP contribution in [-0.2, 0) is 15.6 Å². The molecule has 88 valence electrons. The first-order chi connectivity index (χ1) is 7.00. The lowest BCUT2D eigenvalue weighted by molar-refractivity contribution is -0.136. The van der Waals surface area contributed by atoms with E-state index in [0.717, 1.165) is 25.2 Å². The molecule has 0 saturated heterocycles. The number of hydrogen-bond donors (Lipinski definition) is 1. The Kier molecular flexibility index (Phi) is 4.77.